The molecular weight excluding hydrogens is 378 g/mol. The lowest BCUT2D eigenvalue weighted by Crippen LogP contribution is -2.41. The van der Waals surface area contributed by atoms with E-state index in [0.717, 1.165) is 0 Å². The van der Waals surface area contributed by atoms with E-state index in [-0.39, 0.29) is 36.2 Å². The second-order valence-corrected chi connectivity index (χ2v) is 8.72. The van der Waals surface area contributed by atoms with Gasteiger partial charge in [-0.2, -0.15) is 4.31 Å². The maximum Gasteiger partial charge on any atom is 0.243 e. The number of hydrogen-bond acceptors (Lipinski definition) is 4. The minimum Gasteiger partial charge on any atom is -0.369 e. The Morgan fingerprint density at radius 3 is 2.25 bits per heavy atom. The number of nitrogens with one attached hydrogen (secondary N) is 1. The number of sulfonamides is 1. The van der Waals surface area contributed by atoms with Gasteiger partial charge in [-0.1, -0.05) is 36.4 Å². The van der Waals surface area contributed by atoms with Crippen LogP contribution < -0.4 is 11.1 Å². The van der Waals surface area contributed by atoms with Crippen LogP contribution in [-0.2, 0) is 26.0 Å². The van der Waals surface area contributed by atoms with Gasteiger partial charge in [0.25, 0.3) is 0 Å². The molecule has 7 nitrogen and oxygen atoms in total. The summed E-state index contributed by atoms with van der Waals surface area (Å²) < 4.78 is 26.8. The fourth-order valence-electron chi connectivity index (χ4n) is 3.32. The van der Waals surface area contributed by atoms with Crippen LogP contribution in [0, 0.1) is 5.92 Å². The van der Waals surface area contributed by atoms with Crippen LogP contribution in [0.5, 0.6) is 0 Å². The molecule has 0 bridgehead atoms. The highest BCUT2D eigenvalue weighted by atomic mass is 32.2. The van der Waals surface area contributed by atoms with Crippen LogP contribution >= 0.6 is 0 Å². The van der Waals surface area contributed by atoms with Gasteiger partial charge >= 0.3 is 0 Å². The highest BCUT2D eigenvalue weighted by Crippen LogP contribution is 2.25. The average Bonchev–Trinajstić information content (AvgIpc) is 2.70. The van der Waals surface area contributed by atoms with Crippen molar-refractivity contribution in [2.45, 2.75) is 24.2 Å². The van der Waals surface area contributed by atoms with Crippen molar-refractivity contribution in [3.8, 4) is 0 Å². The lowest BCUT2D eigenvalue weighted by atomic mass is 9.97. The van der Waals surface area contributed by atoms with Crippen LogP contribution in [0.15, 0.2) is 59.5 Å². The molecule has 1 aliphatic rings. The van der Waals surface area contributed by atoms with Gasteiger partial charge in [-0.05, 0) is 36.6 Å². The minimum atomic E-state index is -3.54. The Labute approximate surface area is 164 Å². The first kappa shape index (κ1) is 20.0. The molecule has 1 fully saturated rings. The molecule has 1 aliphatic heterocycles. The number of primary amides is 1. The molecular formula is C20H23N3O4S. The number of carbonyl (C=O) groups is 2. The summed E-state index contributed by atoms with van der Waals surface area (Å²) in [5.41, 5.74) is 6.48. The Balaban J connectivity index is 1.63. The van der Waals surface area contributed by atoms with E-state index in [4.69, 9.17) is 5.73 Å². The maximum absolute atomic E-state index is 12.7. The van der Waals surface area contributed by atoms with Crippen molar-refractivity contribution in [2.24, 2.45) is 11.7 Å². The third-order valence-corrected chi connectivity index (χ3v) is 6.76. The maximum atomic E-state index is 12.7. The zero-order valence-corrected chi connectivity index (χ0v) is 16.2. The van der Waals surface area contributed by atoms with Gasteiger partial charge in [-0.3, -0.25) is 9.59 Å². The predicted molar refractivity (Wildman–Crippen MR) is 106 cm³/mol. The van der Waals surface area contributed by atoms with Crippen molar-refractivity contribution < 1.29 is 18.0 Å². The summed E-state index contributed by atoms with van der Waals surface area (Å²) in [6, 6.07) is 15.3. The number of benzene rings is 2. The third kappa shape index (κ3) is 4.58. The van der Waals surface area contributed by atoms with E-state index in [0.29, 0.717) is 24.1 Å². The summed E-state index contributed by atoms with van der Waals surface area (Å²) in [6.07, 6.45) is 0.927. The van der Waals surface area contributed by atoms with Gasteiger partial charge in [-0.25, -0.2) is 8.42 Å². The number of hydrogen-bond donors (Lipinski definition) is 2. The zero-order valence-electron chi connectivity index (χ0n) is 15.4. The lowest BCUT2D eigenvalue weighted by Gasteiger charge is -2.30. The molecule has 2 amide bonds. The van der Waals surface area contributed by atoms with E-state index in [9.17, 15) is 18.0 Å². The molecule has 148 valence electrons. The SMILES string of the molecule is NC(=O)Cc1ccccc1NC(=O)C1CCN(S(=O)(=O)c2ccccc2)CC1. The molecule has 0 aromatic heterocycles. The molecule has 2 aromatic rings. The summed E-state index contributed by atoms with van der Waals surface area (Å²) >= 11 is 0. The number of nitrogens with two attached hydrogens (primary N) is 1. The Morgan fingerprint density at radius 2 is 1.61 bits per heavy atom. The van der Waals surface area contributed by atoms with Crippen LogP contribution in [0.25, 0.3) is 0 Å². The first-order chi connectivity index (χ1) is 13.4. The van der Waals surface area contributed by atoms with E-state index in [2.05, 4.69) is 5.32 Å². The Kier molecular flexibility index (Phi) is 6.11. The van der Waals surface area contributed by atoms with Crippen molar-refractivity contribution in [3.63, 3.8) is 0 Å². The molecule has 0 spiro atoms. The molecule has 0 atom stereocenters. The summed E-state index contributed by atoms with van der Waals surface area (Å²) in [7, 11) is -3.54. The molecule has 1 saturated heterocycles. The molecule has 28 heavy (non-hydrogen) atoms. The minimum absolute atomic E-state index is 0.0459. The van der Waals surface area contributed by atoms with Crippen molar-refractivity contribution in [3.05, 3.63) is 60.2 Å². The molecule has 0 radical (unpaired) electrons. The molecule has 0 saturated carbocycles. The smallest absolute Gasteiger partial charge is 0.243 e. The topological polar surface area (TPSA) is 110 Å². The fourth-order valence-corrected chi connectivity index (χ4v) is 4.81. The standard InChI is InChI=1S/C20H23N3O4S/c21-19(24)14-16-6-4-5-9-18(16)22-20(25)15-10-12-23(13-11-15)28(26,27)17-7-2-1-3-8-17/h1-9,15H,10-14H2,(H2,21,24)(H,22,25). The average molecular weight is 401 g/mol. The largest absolute Gasteiger partial charge is 0.369 e. The normalized spacial score (nSPS) is 15.9. The monoisotopic (exact) mass is 401 g/mol. The molecule has 3 rings (SSSR count). The number of rotatable bonds is 6. The number of amides is 2. The first-order valence-corrected chi connectivity index (χ1v) is 10.5. The van der Waals surface area contributed by atoms with Crippen LogP contribution in [0.1, 0.15) is 18.4 Å². The first-order valence-electron chi connectivity index (χ1n) is 9.10. The van der Waals surface area contributed by atoms with E-state index < -0.39 is 15.9 Å². The van der Waals surface area contributed by atoms with Crippen LogP contribution in [0.3, 0.4) is 0 Å². The van der Waals surface area contributed by atoms with E-state index >= 15 is 0 Å². The fraction of sp³-hybridized carbons (Fsp3) is 0.300. The number of para-hydroxylation sites is 1. The van der Waals surface area contributed by atoms with Crippen molar-refractivity contribution in [1.29, 1.82) is 0 Å². The summed E-state index contributed by atoms with van der Waals surface area (Å²) in [6.45, 7) is 0.580. The van der Waals surface area contributed by atoms with Gasteiger partial charge < -0.3 is 11.1 Å². The molecule has 1 heterocycles. The number of nitrogens with zero attached hydrogens (tertiary/aromatic N) is 1. The van der Waals surface area contributed by atoms with Crippen molar-refractivity contribution >= 4 is 27.5 Å². The van der Waals surface area contributed by atoms with Gasteiger partial charge in [-0.15, -0.1) is 0 Å². The van der Waals surface area contributed by atoms with Crippen LogP contribution in [-0.4, -0.2) is 37.6 Å². The summed E-state index contributed by atoms with van der Waals surface area (Å²) in [5, 5.41) is 2.86. The van der Waals surface area contributed by atoms with E-state index in [1.807, 2.05) is 0 Å². The Morgan fingerprint density at radius 1 is 1.00 bits per heavy atom. The molecule has 2 aromatic carbocycles. The summed E-state index contributed by atoms with van der Waals surface area (Å²) in [5.74, 6) is -0.932. The van der Waals surface area contributed by atoms with Crippen LogP contribution in [0.4, 0.5) is 5.69 Å². The number of anilines is 1. The third-order valence-electron chi connectivity index (χ3n) is 4.85. The number of carbonyl (C=O) groups excluding carboxylic acids is 2. The molecule has 0 unspecified atom stereocenters. The lowest BCUT2D eigenvalue weighted by molar-refractivity contribution is -0.121. The zero-order chi connectivity index (χ0) is 20.1. The number of piperidine rings is 1. The highest BCUT2D eigenvalue weighted by molar-refractivity contribution is 7.89. The summed E-state index contributed by atoms with van der Waals surface area (Å²) in [4.78, 5) is 24.1. The van der Waals surface area contributed by atoms with E-state index in [1.165, 1.54) is 4.31 Å². The molecule has 0 aliphatic carbocycles. The van der Waals surface area contributed by atoms with Gasteiger partial charge in [0, 0.05) is 24.7 Å². The second-order valence-electron chi connectivity index (χ2n) is 6.78. The highest BCUT2D eigenvalue weighted by Gasteiger charge is 2.32. The molecule has 3 N–H and O–H groups in total. The predicted octanol–water partition coefficient (Wildman–Crippen LogP) is 1.75. The van der Waals surface area contributed by atoms with Crippen molar-refractivity contribution in [1.82, 2.24) is 4.31 Å². The Bertz CT molecular complexity index is 952. The van der Waals surface area contributed by atoms with Gasteiger partial charge in [0.1, 0.15) is 0 Å². The Hall–Kier alpha value is -2.71. The quantitative estimate of drug-likeness (QED) is 0.768. The second kappa shape index (κ2) is 8.53. The molecule has 8 heteroatoms. The van der Waals surface area contributed by atoms with Gasteiger partial charge in [0.15, 0.2) is 0 Å². The van der Waals surface area contributed by atoms with Gasteiger partial charge in [0.2, 0.25) is 21.8 Å². The van der Waals surface area contributed by atoms with Crippen molar-refractivity contribution in [2.75, 3.05) is 18.4 Å². The van der Waals surface area contributed by atoms with Gasteiger partial charge in [0.05, 0.1) is 11.3 Å². The van der Waals surface area contributed by atoms with E-state index in [1.54, 1.807) is 54.6 Å². The van der Waals surface area contributed by atoms with Crippen LogP contribution in [0.2, 0.25) is 0 Å².